The van der Waals surface area contributed by atoms with Crippen LogP contribution >= 0.6 is 0 Å². The summed E-state index contributed by atoms with van der Waals surface area (Å²) in [4.78, 5) is 2.69. The van der Waals surface area contributed by atoms with Crippen LogP contribution in [0.3, 0.4) is 0 Å². The number of nitrogens with zero attached hydrogens (tertiary/aromatic N) is 1. The van der Waals surface area contributed by atoms with Crippen LogP contribution in [-0.2, 0) is 0 Å². The topological polar surface area (TPSA) is 15.3 Å². The Hall–Kier alpha value is -0.0800. The van der Waals surface area contributed by atoms with Crippen molar-refractivity contribution in [1.82, 2.24) is 10.2 Å². The molecule has 2 nitrogen and oxygen atoms in total. The first-order valence-corrected chi connectivity index (χ1v) is 6.85. The van der Waals surface area contributed by atoms with Crippen LogP contribution in [0.2, 0.25) is 0 Å². The summed E-state index contributed by atoms with van der Waals surface area (Å²) in [5.74, 6) is 0. The second-order valence-corrected chi connectivity index (χ2v) is 6.46. The summed E-state index contributed by atoms with van der Waals surface area (Å²) in [5, 5.41) is 3.72. The standard InChI is InChI=1S/C14H30N2/c1-7-11(2)16-10-13(14(4,5)6)15-9-8-12(16)3/h11-13,15H,7-10H2,1-6H3. The Morgan fingerprint density at radius 1 is 1.38 bits per heavy atom. The van der Waals surface area contributed by atoms with Gasteiger partial charge < -0.3 is 5.32 Å². The molecule has 1 fully saturated rings. The molecule has 0 spiro atoms. The van der Waals surface area contributed by atoms with Crippen LogP contribution in [0, 0.1) is 5.41 Å². The molecule has 0 aromatic heterocycles. The minimum Gasteiger partial charge on any atom is -0.312 e. The summed E-state index contributed by atoms with van der Waals surface area (Å²) >= 11 is 0. The van der Waals surface area contributed by atoms with Gasteiger partial charge >= 0.3 is 0 Å². The lowest BCUT2D eigenvalue weighted by Gasteiger charge is -2.38. The Morgan fingerprint density at radius 2 is 2.00 bits per heavy atom. The van der Waals surface area contributed by atoms with Crippen LogP contribution in [0.5, 0.6) is 0 Å². The molecule has 1 N–H and O–H groups in total. The van der Waals surface area contributed by atoms with E-state index < -0.39 is 0 Å². The molecule has 3 atom stereocenters. The summed E-state index contributed by atoms with van der Waals surface area (Å²) in [6, 6.07) is 2.04. The molecule has 1 aliphatic heterocycles. The van der Waals surface area contributed by atoms with Gasteiger partial charge in [-0.2, -0.15) is 0 Å². The van der Waals surface area contributed by atoms with Gasteiger partial charge in [-0.05, 0) is 38.6 Å². The maximum Gasteiger partial charge on any atom is 0.0243 e. The minimum absolute atomic E-state index is 0.357. The molecule has 0 radical (unpaired) electrons. The maximum absolute atomic E-state index is 3.72. The summed E-state index contributed by atoms with van der Waals surface area (Å²) in [5.41, 5.74) is 0.357. The van der Waals surface area contributed by atoms with Gasteiger partial charge in [0.15, 0.2) is 0 Å². The quantitative estimate of drug-likeness (QED) is 0.779. The molecule has 1 rings (SSSR count). The normalized spacial score (nSPS) is 31.1. The lowest BCUT2D eigenvalue weighted by molar-refractivity contribution is 0.121. The number of hydrogen-bond donors (Lipinski definition) is 1. The van der Waals surface area contributed by atoms with Crippen LogP contribution in [0.15, 0.2) is 0 Å². The SMILES string of the molecule is CCC(C)N1CC(C(C)(C)C)NCCC1C. The number of rotatable bonds is 2. The molecule has 96 valence electrons. The van der Waals surface area contributed by atoms with E-state index >= 15 is 0 Å². The molecule has 0 amide bonds. The fraction of sp³-hybridized carbons (Fsp3) is 1.00. The summed E-state index contributed by atoms with van der Waals surface area (Å²) in [6.07, 6.45) is 2.53. The first-order chi connectivity index (χ1) is 7.36. The zero-order valence-corrected chi connectivity index (χ0v) is 12.0. The summed E-state index contributed by atoms with van der Waals surface area (Å²) in [7, 11) is 0. The highest BCUT2D eigenvalue weighted by atomic mass is 15.2. The average Bonchev–Trinajstić information content (AvgIpc) is 2.38. The van der Waals surface area contributed by atoms with Crippen molar-refractivity contribution in [2.75, 3.05) is 13.1 Å². The summed E-state index contributed by atoms with van der Waals surface area (Å²) in [6.45, 7) is 16.4. The Morgan fingerprint density at radius 3 is 2.50 bits per heavy atom. The van der Waals surface area contributed by atoms with Crippen molar-refractivity contribution in [3.63, 3.8) is 0 Å². The van der Waals surface area contributed by atoms with Crippen molar-refractivity contribution in [2.24, 2.45) is 5.41 Å². The lowest BCUT2D eigenvalue weighted by Crippen LogP contribution is -2.49. The minimum atomic E-state index is 0.357. The van der Waals surface area contributed by atoms with Crippen molar-refractivity contribution in [2.45, 2.75) is 72.5 Å². The highest BCUT2D eigenvalue weighted by molar-refractivity contribution is 4.89. The highest BCUT2D eigenvalue weighted by Gasteiger charge is 2.31. The molecule has 0 bridgehead atoms. The van der Waals surface area contributed by atoms with Crippen molar-refractivity contribution in [1.29, 1.82) is 0 Å². The molecule has 0 aromatic rings. The van der Waals surface area contributed by atoms with Crippen molar-refractivity contribution >= 4 is 0 Å². The van der Waals surface area contributed by atoms with Crippen LogP contribution in [0.25, 0.3) is 0 Å². The fourth-order valence-corrected chi connectivity index (χ4v) is 2.52. The van der Waals surface area contributed by atoms with Gasteiger partial charge in [-0.1, -0.05) is 27.7 Å². The fourth-order valence-electron chi connectivity index (χ4n) is 2.52. The molecular formula is C14H30N2. The van der Waals surface area contributed by atoms with Gasteiger partial charge in [0.05, 0.1) is 0 Å². The van der Waals surface area contributed by atoms with E-state index in [1.807, 2.05) is 0 Å². The zero-order valence-electron chi connectivity index (χ0n) is 12.0. The molecule has 2 heteroatoms. The van der Waals surface area contributed by atoms with E-state index in [-0.39, 0.29) is 0 Å². The Balaban J connectivity index is 2.73. The van der Waals surface area contributed by atoms with E-state index in [0.717, 1.165) is 12.6 Å². The second-order valence-electron chi connectivity index (χ2n) is 6.46. The van der Waals surface area contributed by atoms with Crippen molar-refractivity contribution in [3.05, 3.63) is 0 Å². The zero-order chi connectivity index (χ0) is 12.3. The lowest BCUT2D eigenvalue weighted by atomic mass is 9.86. The van der Waals surface area contributed by atoms with Crippen LogP contribution in [-0.4, -0.2) is 36.1 Å². The molecule has 0 aromatic carbocycles. The maximum atomic E-state index is 3.72. The Labute approximate surface area is 102 Å². The number of hydrogen-bond acceptors (Lipinski definition) is 2. The van der Waals surface area contributed by atoms with Crippen LogP contribution < -0.4 is 5.32 Å². The molecule has 1 heterocycles. The van der Waals surface area contributed by atoms with E-state index in [1.165, 1.54) is 19.4 Å². The van der Waals surface area contributed by atoms with Crippen LogP contribution in [0.4, 0.5) is 0 Å². The van der Waals surface area contributed by atoms with E-state index in [0.29, 0.717) is 17.5 Å². The predicted octanol–water partition coefficient (Wildman–Crippen LogP) is 2.88. The molecule has 16 heavy (non-hydrogen) atoms. The number of nitrogens with one attached hydrogen (secondary N) is 1. The third-order valence-corrected chi connectivity index (χ3v) is 4.11. The van der Waals surface area contributed by atoms with E-state index in [9.17, 15) is 0 Å². The smallest absolute Gasteiger partial charge is 0.0243 e. The summed E-state index contributed by atoms with van der Waals surface area (Å²) < 4.78 is 0. The van der Waals surface area contributed by atoms with Gasteiger partial charge in [0, 0.05) is 24.7 Å². The van der Waals surface area contributed by atoms with Gasteiger partial charge in [-0.3, -0.25) is 4.90 Å². The van der Waals surface area contributed by atoms with Gasteiger partial charge in [0.2, 0.25) is 0 Å². The highest BCUT2D eigenvalue weighted by Crippen LogP contribution is 2.24. The molecule has 1 aliphatic rings. The molecular weight excluding hydrogens is 196 g/mol. The van der Waals surface area contributed by atoms with Crippen molar-refractivity contribution in [3.8, 4) is 0 Å². The second kappa shape index (κ2) is 5.50. The van der Waals surface area contributed by atoms with Gasteiger partial charge in [-0.25, -0.2) is 0 Å². The van der Waals surface area contributed by atoms with E-state index in [4.69, 9.17) is 0 Å². The van der Waals surface area contributed by atoms with Gasteiger partial charge in [-0.15, -0.1) is 0 Å². The average molecular weight is 226 g/mol. The van der Waals surface area contributed by atoms with Gasteiger partial charge in [0.25, 0.3) is 0 Å². The van der Waals surface area contributed by atoms with Crippen LogP contribution in [0.1, 0.15) is 54.4 Å². The molecule has 0 saturated carbocycles. The van der Waals surface area contributed by atoms with Crippen molar-refractivity contribution < 1.29 is 0 Å². The largest absolute Gasteiger partial charge is 0.312 e. The van der Waals surface area contributed by atoms with E-state index in [2.05, 4.69) is 51.8 Å². The first-order valence-electron chi connectivity index (χ1n) is 6.85. The molecule has 3 unspecified atom stereocenters. The third-order valence-electron chi connectivity index (χ3n) is 4.11. The Bertz CT molecular complexity index is 207. The monoisotopic (exact) mass is 226 g/mol. The third kappa shape index (κ3) is 3.46. The molecule has 1 saturated heterocycles. The Kier molecular flexibility index (Phi) is 4.81. The predicted molar refractivity (Wildman–Crippen MR) is 71.8 cm³/mol. The molecule has 0 aliphatic carbocycles. The van der Waals surface area contributed by atoms with E-state index in [1.54, 1.807) is 0 Å². The van der Waals surface area contributed by atoms with Gasteiger partial charge in [0.1, 0.15) is 0 Å². The first kappa shape index (κ1) is 14.0.